The predicted molar refractivity (Wildman–Crippen MR) is 80.9 cm³/mol. The Morgan fingerprint density at radius 2 is 1.95 bits per heavy atom. The molecule has 0 aromatic rings. The van der Waals surface area contributed by atoms with Crippen molar-refractivity contribution < 1.29 is 19.1 Å². The summed E-state index contributed by atoms with van der Waals surface area (Å²) in [5.41, 5.74) is -0.386. The van der Waals surface area contributed by atoms with Crippen LogP contribution in [0.15, 0.2) is 0 Å². The summed E-state index contributed by atoms with van der Waals surface area (Å²) in [5.74, 6) is -0.266. The summed E-state index contributed by atoms with van der Waals surface area (Å²) in [6.45, 7) is 11.8. The van der Waals surface area contributed by atoms with Gasteiger partial charge < -0.3 is 14.8 Å². The summed E-state index contributed by atoms with van der Waals surface area (Å²) in [4.78, 5) is 24.1. The molecule has 1 saturated carbocycles. The van der Waals surface area contributed by atoms with Gasteiger partial charge in [0.2, 0.25) is 0 Å². The second kappa shape index (κ2) is 6.67. The Kier molecular flexibility index (Phi) is 5.65. The maximum Gasteiger partial charge on any atom is 0.408 e. The first-order valence-corrected chi connectivity index (χ1v) is 7.70. The van der Waals surface area contributed by atoms with Crippen molar-refractivity contribution in [2.75, 3.05) is 6.61 Å². The second-order valence-electron chi connectivity index (χ2n) is 7.54. The first kappa shape index (κ1) is 17.8. The van der Waals surface area contributed by atoms with Crippen LogP contribution in [-0.2, 0) is 14.3 Å². The fraction of sp³-hybridized carbons (Fsp3) is 0.875. The molecule has 122 valence electrons. The molecule has 0 aromatic heterocycles. The molecule has 1 rings (SSSR count). The van der Waals surface area contributed by atoms with Crippen LogP contribution < -0.4 is 5.32 Å². The van der Waals surface area contributed by atoms with Gasteiger partial charge >= 0.3 is 12.1 Å². The molecule has 0 saturated heterocycles. The Hall–Kier alpha value is -1.26. The normalized spacial score (nSPS) is 22.5. The number of rotatable bonds is 4. The SMILES string of the molecule is CCOC(=O)C(NC(=O)OC(C)(C)C)C1CCC(C)(C)C1. The third kappa shape index (κ3) is 5.94. The molecule has 2 unspecified atom stereocenters. The second-order valence-corrected chi connectivity index (χ2v) is 7.54. The monoisotopic (exact) mass is 299 g/mol. The zero-order valence-electron chi connectivity index (χ0n) is 14.1. The summed E-state index contributed by atoms with van der Waals surface area (Å²) in [6.07, 6.45) is 2.28. The first-order valence-electron chi connectivity index (χ1n) is 7.70. The average Bonchev–Trinajstić information content (AvgIpc) is 2.64. The van der Waals surface area contributed by atoms with Crippen LogP contribution in [0.5, 0.6) is 0 Å². The van der Waals surface area contributed by atoms with Gasteiger partial charge in [-0.1, -0.05) is 13.8 Å². The molecule has 1 aliphatic rings. The van der Waals surface area contributed by atoms with E-state index in [0.717, 1.165) is 19.3 Å². The molecule has 0 aromatic carbocycles. The number of nitrogens with one attached hydrogen (secondary N) is 1. The number of amides is 1. The summed E-state index contributed by atoms with van der Waals surface area (Å²) < 4.78 is 10.4. The van der Waals surface area contributed by atoms with E-state index in [1.165, 1.54) is 0 Å². The Morgan fingerprint density at radius 3 is 2.38 bits per heavy atom. The number of esters is 1. The Bertz CT molecular complexity index is 384. The van der Waals surface area contributed by atoms with Crippen molar-refractivity contribution >= 4 is 12.1 Å². The van der Waals surface area contributed by atoms with E-state index in [9.17, 15) is 9.59 Å². The minimum Gasteiger partial charge on any atom is -0.464 e. The maximum atomic E-state index is 12.1. The van der Waals surface area contributed by atoms with E-state index >= 15 is 0 Å². The largest absolute Gasteiger partial charge is 0.464 e. The topological polar surface area (TPSA) is 64.6 Å². The quantitative estimate of drug-likeness (QED) is 0.809. The molecule has 0 radical (unpaired) electrons. The number of alkyl carbamates (subject to hydrolysis) is 1. The van der Waals surface area contributed by atoms with Crippen molar-refractivity contribution in [2.45, 2.75) is 72.4 Å². The first-order chi connectivity index (χ1) is 9.54. The van der Waals surface area contributed by atoms with Crippen molar-refractivity contribution in [2.24, 2.45) is 11.3 Å². The van der Waals surface area contributed by atoms with E-state index in [1.807, 2.05) is 0 Å². The highest BCUT2D eigenvalue weighted by molar-refractivity contribution is 5.81. The van der Waals surface area contributed by atoms with Crippen LogP contribution in [0.4, 0.5) is 4.79 Å². The van der Waals surface area contributed by atoms with Crippen LogP contribution in [-0.4, -0.2) is 30.3 Å². The Morgan fingerprint density at radius 1 is 1.33 bits per heavy atom. The Labute approximate surface area is 127 Å². The van der Waals surface area contributed by atoms with Crippen molar-refractivity contribution in [1.82, 2.24) is 5.32 Å². The van der Waals surface area contributed by atoms with E-state index in [0.29, 0.717) is 6.61 Å². The predicted octanol–water partition coefficient (Wildman–Crippen LogP) is 3.27. The third-order valence-corrected chi connectivity index (χ3v) is 3.69. The molecule has 1 amide bonds. The number of ether oxygens (including phenoxy) is 2. The van der Waals surface area contributed by atoms with Crippen molar-refractivity contribution in [3.63, 3.8) is 0 Å². The van der Waals surface area contributed by atoms with Crippen LogP contribution in [0, 0.1) is 11.3 Å². The zero-order valence-corrected chi connectivity index (χ0v) is 14.1. The smallest absolute Gasteiger partial charge is 0.408 e. The average molecular weight is 299 g/mol. The molecule has 0 heterocycles. The molecular formula is C16H29NO4. The molecule has 0 bridgehead atoms. The molecule has 1 N–H and O–H groups in total. The van der Waals surface area contributed by atoms with E-state index in [-0.39, 0.29) is 17.3 Å². The zero-order chi connectivity index (χ0) is 16.3. The maximum absolute atomic E-state index is 12.1. The highest BCUT2D eigenvalue weighted by Gasteiger charge is 2.40. The van der Waals surface area contributed by atoms with Crippen LogP contribution in [0.2, 0.25) is 0 Å². The lowest BCUT2D eigenvalue weighted by Gasteiger charge is -2.26. The van der Waals surface area contributed by atoms with Crippen LogP contribution in [0.1, 0.15) is 60.8 Å². The van der Waals surface area contributed by atoms with E-state index < -0.39 is 17.7 Å². The highest BCUT2D eigenvalue weighted by Crippen LogP contribution is 2.42. The van der Waals surface area contributed by atoms with Crippen LogP contribution >= 0.6 is 0 Å². The number of hydrogen-bond acceptors (Lipinski definition) is 4. The van der Waals surface area contributed by atoms with Gasteiger partial charge in [-0.25, -0.2) is 9.59 Å². The lowest BCUT2D eigenvalue weighted by molar-refractivity contribution is -0.147. The molecule has 5 heteroatoms. The van der Waals surface area contributed by atoms with E-state index in [2.05, 4.69) is 19.2 Å². The Balaban J connectivity index is 2.74. The summed E-state index contributed by atoms with van der Waals surface area (Å²) in [7, 11) is 0. The molecule has 5 nitrogen and oxygen atoms in total. The molecular weight excluding hydrogens is 270 g/mol. The molecule has 21 heavy (non-hydrogen) atoms. The molecule has 1 aliphatic carbocycles. The van der Waals surface area contributed by atoms with Gasteiger partial charge in [0, 0.05) is 0 Å². The fourth-order valence-electron chi connectivity index (χ4n) is 2.81. The third-order valence-electron chi connectivity index (χ3n) is 3.69. The summed E-state index contributed by atoms with van der Waals surface area (Å²) in [6, 6.07) is -0.624. The number of carbonyl (C=O) groups excluding carboxylic acids is 2. The minimum atomic E-state index is -0.624. The minimum absolute atomic E-state index is 0.103. The lowest BCUT2D eigenvalue weighted by atomic mass is 9.88. The van der Waals surface area contributed by atoms with Gasteiger partial charge in [-0.15, -0.1) is 0 Å². The van der Waals surface area contributed by atoms with Crippen molar-refractivity contribution in [3.8, 4) is 0 Å². The highest BCUT2D eigenvalue weighted by atomic mass is 16.6. The number of carbonyl (C=O) groups is 2. The fourth-order valence-corrected chi connectivity index (χ4v) is 2.81. The molecule has 0 aliphatic heterocycles. The molecule has 2 atom stereocenters. The van der Waals surface area contributed by atoms with Crippen molar-refractivity contribution in [1.29, 1.82) is 0 Å². The van der Waals surface area contributed by atoms with Gasteiger partial charge in [-0.05, 0) is 58.3 Å². The van der Waals surface area contributed by atoms with Crippen LogP contribution in [0.25, 0.3) is 0 Å². The molecule has 0 spiro atoms. The lowest BCUT2D eigenvalue weighted by Crippen LogP contribution is -2.48. The molecule has 1 fully saturated rings. The van der Waals surface area contributed by atoms with Gasteiger partial charge in [0.1, 0.15) is 11.6 Å². The van der Waals surface area contributed by atoms with E-state index in [1.54, 1.807) is 27.7 Å². The van der Waals surface area contributed by atoms with Gasteiger partial charge in [0.25, 0.3) is 0 Å². The summed E-state index contributed by atoms with van der Waals surface area (Å²) >= 11 is 0. The standard InChI is InChI=1S/C16H29NO4/c1-7-20-13(18)12(11-8-9-16(5,6)10-11)17-14(19)21-15(2,3)4/h11-12H,7-10H2,1-6H3,(H,17,19). The van der Waals surface area contributed by atoms with Gasteiger partial charge in [0.05, 0.1) is 6.61 Å². The van der Waals surface area contributed by atoms with Gasteiger partial charge in [-0.2, -0.15) is 0 Å². The van der Waals surface area contributed by atoms with Gasteiger partial charge in [-0.3, -0.25) is 0 Å². The van der Waals surface area contributed by atoms with Crippen molar-refractivity contribution in [3.05, 3.63) is 0 Å². The van der Waals surface area contributed by atoms with Gasteiger partial charge in [0.15, 0.2) is 0 Å². The summed E-state index contributed by atoms with van der Waals surface area (Å²) in [5, 5.41) is 2.70. The number of hydrogen-bond donors (Lipinski definition) is 1. The van der Waals surface area contributed by atoms with Crippen LogP contribution in [0.3, 0.4) is 0 Å². The van der Waals surface area contributed by atoms with E-state index in [4.69, 9.17) is 9.47 Å².